The van der Waals surface area contributed by atoms with Crippen LogP contribution in [0.15, 0.2) is 84.1 Å². The summed E-state index contributed by atoms with van der Waals surface area (Å²) in [5.74, 6) is 0.120. The normalized spacial score (nSPS) is 20.0. The summed E-state index contributed by atoms with van der Waals surface area (Å²) in [4.78, 5) is 28.6. The number of ketones is 1. The standard InChI is InChI=1S/C29H28N2O2/c1-18-8-12-21(13-9-18)23-16-25-28(27(33)17-23)29(22-14-10-19(2)11-15-22)31(20(3)32)26-7-5-4-6-24(26)30-25/h4-15,23,29-30H,16-17H2,1-3H3/t23-,29-/m0/s1. The first-order chi connectivity index (χ1) is 15.9. The number of nitrogens with one attached hydrogen (secondary N) is 1. The zero-order chi connectivity index (χ0) is 23.1. The maximum absolute atomic E-state index is 13.8. The van der Waals surface area contributed by atoms with E-state index in [0.717, 1.165) is 34.6 Å². The molecule has 1 aliphatic carbocycles. The van der Waals surface area contributed by atoms with Crippen molar-refractivity contribution in [3.05, 3.63) is 106 Å². The van der Waals surface area contributed by atoms with Gasteiger partial charge in [0.05, 0.1) is 17.4 Å². The molecule has 2 aliphatic rings. The van der Waals surface area contributed by atoms with Crippen LogP contribution in [0.1, 0.15) is 54.0 Å². The molecule has 0 spiro atoms. The fourth-order valence-electron chi connectivity index (χ4n) is 5.08. The van der Waals surface area contributed by atoms with E-state index in [9.17, 15) is 9.59 Å². The highest BCUT2D eigenvalue weighted by Crippen LogP contribution is 2.47. The van der Waals surface area contributed by atoms with Gasteiger partial charge in [0, 0.05) is 24.6 Å². The molecule has 0 aromatic heterocycles. The van der Waals surface area contributed by atoms with E-state index < -0.39 is 6.04 Å². The third kappa shape index (κ3) is 3.86. The topological polar surface area (TPSA) is 49.4 Å². The Morgan fingerprint density at radius 1 is 0.848 bits per heavy atom. The summed E-state index contributed by atoms with van der Waals surface area (Å²) in [5.41, 5.74) is 7.74. The molecule has 166 valence electrons. The lowest BCUT2D eigenvalue weighted by molar-refractivity contribution is -0.117. The highest BCUT2D eigenvalue weighted by Gasteiger charge is 2.40. The Labute approximate surface area is 194 Å². The molecule has 1 amide bonds. The Balaban J connectivity index is 1.69. The Hall–Kier alpha value is -3.66. The molecule has 4 heteroatoms. The minimum atomic E-state index is -0.458. The van der Waals surface area contributed by atoms with Crippen molar-refractivity contribution in [1.29, 1.82) is 0 Å². The Kier molecular flexibility index (Phi) is 5.37. The lowest BCUT2D eigenvalue weighted by Gasteiger charge is -2.34. The van der Waals surface area contributed by atoms with Crippen LogP contribution >= 0.6 is 0 Å². The fraction of sp³-hybridized carbons (Fsp3) is 0.241. The van der Waals surface area contributed by atoms with Crippen molar-refractivity contribution in [2.45, 2.75) is 45.6 Å². The molecular formula is C29H28N2O2. The smallest absolute Gasteiger partial charge is 0.224 e. The van der Waals surface area contributed by atoms with Crippen LogP contribution in [0.2, 0.25) is 0 Å². The van der Waals surface area contributed by atoms with Crippen molar-refractivity contribution in [3.63, 3.8) is 0 Å². The first kappa shape index (κ1) is 21.2. The molecule has 1 N–H and O–H groups in total. The highest BCUT2D eigenvalue weighted by molar-refractivity contribution is 6.06. The van der Waals surface area contributed by atoms with Crippen molar-refractivity contribution in [1.82, 2.24) is 0 Å². The minimum absolute atomic E-state index is 0.0861. The number of allylic oxidation sites excluding steroid dienone is 1. The third-order valence-electron chi connectivity index (χ3n) is 6.77. The van der Waals surface area contributed by atoms with Crippen LogP contribution in [-0.2, 0) is 9.59 Å². The maximum Gasteiger partial charge on any atom is 0.224 e. The minimum Gasteiger partial charge on any atom is -0.357 e. The zero-order valence-electron chi connectivity index (χ0n) is 19.3. The summed E-state index contributed by atoms with van der Waals surface area (Å²) < 4.78 is 0. The average molecular weight is 437 g/mol. The summed E-state index contributed by atoms with van der Waals surface area (Å²) >= 11 is 0. The molecule has 3 aromatic carbocycles. The quantitative estimate of drug-likeness (QED) is 0.518. The van der Waals surface area contributed by atoms with Gasteiger partial charge in [-0.25, -0.2) is 0 Å². The molecule has 33 heavy (non-hydrogen) atoms. The number of carbonyl (C=O) groups is 2. The molecule has 5 rings (SSSR count). The number of fused-ring (bicyclic) bond motifs is 1. The Bertz CT molecular complexity index is 1260. The van der Waals surface area contributed by atoms with Crippen LogP contribution < -0.4 is 10.2 Å². The van der Waals surface area contributed by atoms with Gasteiger partial charge in [-0.2, -0.15) is 0 Å². The summed E-state index contributed by atoms with van der Waals surface area (Å²) in [6, 6.07) is 24.0. The highest BCUT2D eigenvalue weighted by atomic mass is 16.2. The maximum atomic E-state index is 13.8. The number of carbonyl (C=O) groups excluding carboxylic acids is 2. The van der Waals surface area contributed by atoms with Crippen molar-refractivity contribution in [3.8, 4) is 0 Å². The number of amides is 1. The summed E-state index contributed by atoms with van der Waals surface area (Å²) in [6.07, 6.45) is 1.17. The van der Waals surface area contributed by atoms with E-state index in [-0.39, 0.29) is 17.6 Å². The molecule has 1 aliphatic heterocycles. The van der Waals surface area contributed by atoms with E-state index in [1.54, 1.807) is 11.8 Å². The first-order valence-corrected chi connectivity index (χ1v) is 11.5. The van der Waals surface area contributed by atoms with Gasteiger partial charge in [0.15, 0.2) is 5.78 Å². The van der Waals surface area contributed by atoms with Gasteiger partial charge < -0.3 is 5.32 Å². The number of rotatable bonds is 2. The third-order valence-corrected chi connectivity index (χ3v) is 6.77. The number of nitrogens with zero attached hydrogens (tertiary/aromatic N) is 1. The van der Waals surface area contributed by atoms with Crippen molar-refractivity contribution < 1.29 is 9.59 Å². The van der Waals surface area contributed by atoms with Crippen LogP contribution in [0.25, 0.3) is 0 Å². The number of hydrogen-bond donors (Lipinski definition) is 1. The van der Waals surface area contributed by atoms with Crippen molar-refractivity contribution >= 4 is 23.1 Å². The summed E-state index contributed by atoms with van der Waals surface area (Å²) in [5, 5.41) is 3.56. The average Bonchev–Trinajstić information content (AvgIpc) is 2.94. The van der Waals surface area contributed by atoms with Crippen molar-refractivity contribution in [2.24, 2.45) is 0 Å². The van der Waals surface area contributed by atoms with Gasteiger partial charge in [0.1, 0.15) is 0 Å². The first-order valence-electron chi connectivity index (χ1n) is 11.5. The number of aryl methyl sites for hydroxylation is 2. The molecule has 0 saturated carbocycles. The van der Waals surface area contributed by atoms with Gasteiger partial charge in [-0.05, 0) is 49.4 Å². The van der Waals surface area contributed by atoms with Gasteiger partial charge in [-0.15, -0.1) is 0 Å². The van der Waals surface area contributed by atoms with E-state index >= 15 is 0 Å². The van der Waals surface area contributed by atoms with E-state index in [1.165, 1.54) is 11.1 Å². The molecule has 0 bridgehead atoms. The molecule has 3 aromatic rings. The lowest BCUT2D eigenvalue weighted by Crippen LogP contribution is -2.37. The van der Waals surface area contributed by atoms with Crippen LogP contribution in [0.5, 0.6) is 0 Å². The predicted molar refractivity (Wildman–Crippen MR) is 132 cm³/mol. The Morgan fingerprint density at radius 3 is 2.09 bits per heavy atom. The summed E-state index contributed by atoms with van der Waals surface area (Å²) in [7, 11) is 0. The van der Waals surface area contributed by atoms with Gasteiger partial charge in [-0.3, -0.25) is 14.5 Å². The second-order valence-electron chi connectivity index (χ2n) is 9.18. The molecular weight excluding hydrogens is 408 g/mol. The van der Waals surface area contributed by atoms with Crippen LogP contribution in [0.4, 0.5) is 11.4 Å². The van der Waals surface area contributed by atoms with Crippen molar-refractivity contribution in [2.75, 3.05) is 10.2 Å². The number of Topliss-reactive ketones (excluding diaryl/α,β-unsaturated/α-hetero) is 1. The van der Waals surface area contributed by atoms with Gasteiger partial charge >= 0.3 is 0 Å². The Morgan fingerprint density at radius 2 is 1.45 bits per heavy atom. The van der Waals surface area contributed by atoms with E-state index in [2.05, 4.69) is 36.5 Å². The van der Waals surface area contributed by atoms with Crippen LogP contribution in [0.3, 0.4) is 0 Å². The largest absolute Gasteiger partial charge is 0.357 e. The van der Waals surface area contributed by atoms with Crippen LogP contribution in [-0.4, -0.2) is 11.7 Å². The summed E-state index contributed by atoms with van der Waals surface area (Å²) in [6.45, 7) is 5.69. The monoisotopic (exact) mass is 436 g/mol. The van der Waals surface area contributed by atoms with E-state index in [1.807, 2.05) is 55.5 Å². The number of hydrogen-bond acceptors (Lipinski definition) is 3. The zero-order valence-corrected chi connectivity index (χ0v) is 19.3. The lowest BCUT2D eigenvalue weighted by atomic mass is 9.78. The molecule has 0 radical (unpaired) electrons. The number of benzene rings is 3. The SMILES string of the molecule is CC(=O)N1c2ccccc2NC2=C(C(=O)C[C@@H](c3ccc(C)cc3)C2)[C@@H]1c1ccc(C)cc1. The molecule has 4 nitrogen and oxygen atoms in total. The van der Waals surface area contributed by atoms with Gasteiger partial charge in [0.2, 0.25) is 5.91 Å². The molecule has 0 saturated heterocycles. The molecule has 2 atom stereocenters. The molecule has 0 fully saturated rings. The second kappa shape index (κ2) is 8.36. The number of para-hydroxylation sites is 2. The predicted octanol–water partition coefficient (Wildman–Crippen LogP) is 6.22. The van der Waals surface area contributed by atoms with Gasteiger partial charge in [-0.1, -0.05) is 71.8 Å². The molecule has 1 heterocycles. The van der Waals surface area contributed by atoms with Crippen LogP contribution in [0, 0.1) is 13.8 Å². The number of anilines is 2. The second-order valence-corrected chi connectivity index (χ2v) is 9.18. The van der Waals surface area contributed by atoms with Gasteiger partial charge in [0.25, 0.3) is 0 Å². The fourth-order valence-corrected chi connectivity index (χ4v) is 5.08. The van der Waals surface area contributed by atoms with E-state index in [4.69, 9.17) is 0 Å². The molecule has 0 unspecified atom stereocenters. The van der Waals surface area contributed by atoms with E-state index in [0.29, 0.717) is 12.0 Å².